The Morgan fingerprint density at radius 1 is 1.31 bits per heavy atom. The zero-order valence-electron chi connectivity index (χ0n) is 10.3. The fraction of sp³-hybridized carbons (Fsp3) is 0.538. The molecule has 0 aliphatic carbocycles. The van der Waals surface area contributed by atoms with Gasteiger partial charge in [0, 0.05) is 6.04 Å². The number of nitrogens with two attached hydrogens (primary N) is 1. The van der Waals surface area contributed by atoms with Gasteiger partial charge in [-0.1, -0.05) is 19.9 Å². The number of hydrogen-bond donors (Lipinski definition) is 2. The van der Waals surface area contributed by atoms with Crippen LogP contribution in [-0.4, -0.2) is 0 Å². The average molecular weight is 224 g/mol. The third kappa shape index (κ3) is 3.58. The second kappa shape index (κ2) is 5.97. The summed E-state index contributed by atoms with van der Waals surface area (Å²) in [5.74, 6) is 6.01. The van der Waals surface area contributed by atoms with Crippen LogP contribution in [0.2, 0.25) is 0 Å². The van der Waals surface area contributed by atoms with Gasteiger partial charge in [-0.3, -0.25) is 11.3 Å². The van der Waals surface area contributed by atoms with Gasteiger partial charge < -0.3 is 0 Å². The molecule has 0 aromatic heterocycles. The molecule has 3 heteroatoms. The maximum atomic E-state index is 13.0. The molecule has 0 bridgehead atoms. The van der Waals surface area contributed by atoms with Gasteiger partial charge in [-0.25, -0.2) is 4.39 Å². The first-order chi connectivity index (χ1) is 7.54. The van der Waals surface area contributed by atoms with Crippen molar-refractivity contribution >= 4 is 0 Å². The van der Waals surface area contributed by atoms with Gasteiger partial charge in [-0.05, 0) is 48.9 Å². The molecule has 0 radical (unpaired) electrons. The summed E-state index contributed by atoms with van der Waals surface area (Å²) in [4.78, 5) is 0. The normalized spacial score (nSPS) is 13.1. The lowest BCUT2D eigenvalue weighted by Crippen LogP contribution is -2.28. The van der Waals surface area contributed by atoms with Crippen molar-refractivity contribution in [1.29, 1.82) is 0 Å². The summed E-state index contributed by atoms with van der Waals surface area (Å²) >= 11 is 0. The zero-order chi connectivity index (χ0) is 12.1. The summed E-state index contributed by atoms with van der Waals surface area (Å²) in [7, 11) is 0. The highest BCUT2D eigenvalue weighted by Gasteiger charge is 2.13. The maximum Gasteiger partial charge on any atom is 0.123 e. The number of nitrogens with one attached hydrogen (secondary N) is 1. The molecule has 16 heavy (non-hydrogen) atoms. The minimum Gasteiger partial charge on any atom is -0.271 e. The quantitative estimate of drug-likeness (QED) is 0.596. The Morgan fingerprint density at radius 3 is 2.50 bits per heavy atom. The predicted octanol–water partition coefficient (Wildman–Crippen LogP) is 3.07. The highest BCUT2D eigenvalue weighted by molar-refractivity contribution is 5.29. The third-order valence-electron chi connectivity index (χ3n) is 2.84. The van der Waals surface area contributed by atoms with Crippen molar-refractivity contribution in [2.45, 2.75) is 39.7 Å². The fourth-order valence-electron chi connectivity index (χ4n) is 1.86. The Balaban J connectivity index is 2.78. The number of hydrazine groups is 1. The Morgan fingerprint density at radius 2 is 2.00 bits per heavy atom. The highest BCUT2D eigenvalue weighted by Crippen LogP contribution is 2.23. The minimum atomic E-state index is -0.194. The highest BCUT2D eigenvalue weighted by atomic mass is 19.1. The van der Waals surface area contributed by atoms with Gasteiger partial charge in [0.15, 0.2) is 0 Å². The summed E-state index contributed by atoms with van der Waals surface area (Å²) in [5, 5.41) is 0. The van der Waals surface area contributed by atoms with E-state index in [9.17, 15) is 4.39 Å². The van der Waals surface area contributed by atoms with Crippen LogP contribution in [-0.2, 0) is 0 Å². The van der Waals surface area contributed by atoms with E-state index in [4.69, 9.17) is 5.84 Å². The van der Waals surface area contributed by atoms with Crippen molar-refractivity contribution in [3.05, 3.63) is 35.1 Å². The van der Waals surface area contributed by atoms with Crippen LogP contribution in [0.5, 0.6) is 0 Å². The number of halogens is 1. The molecular weight excluding hydrogens is 203 g/mol. The summed E-state index contributed by atoms with van der Waals surface area (Å²) in [6.45, 7) is 6.29. The molecule has 1 rings (SSSR count). The first-order valence-corrected chi connectivity index (χ1v) is 5.76. The standard InChI is InChI=1S/C13H21FN2/c1-9(2)4-7-13(16-15)12-6-5-11(14)8-10(12)3/h5-6,8-9,13,16H,4,7,15H2,1-3H3. The van der Waals surface area contributed by atoms with E-state index in [1.165, 1.54) is 6.07 Å². The smallest absolute Gasteiger partial charge is 0.123 e. The van der Waals surface area contributed by atoms with Gasteiger partial charge in [-0.15, -0.1) is 0 Å². The largest absolute Gasteiger partial charge is 0.271 e. The summed E-state index contributed by atoms with van der Waals surface area (Å²) in [6.07, 6.45) is 2.08. The molecule has 0 fully saturated rings. The third-order valence-corrected chi connectivity index (χ3v) is 2.84. The van der Waals surface area contributed by atoms with E-state index in [1.807, 2.05) is 13.0 Å². The monoisotopic (exact) mass is 224 g/mol. The van der Waals surface area contributed by atoms with Gasteiger partial charge in [0.2, 0.25) is 0 Å². The first-order valence-electron chi connectivity index (χ1n) is 5.76. The van der Waals surface area contributed by atoms with E-state index < -0.39 is 0 Å². The molecule has 2 nitrogen and oxygen atoms in total. The zero-order valence-corrected chi connectivity index (χ0v) is 10.3. The summed E-state index contributed by atoms with van der Waals surface area (Å²) in [5.41, 5.74) is 4.85. The van der Waals surface area contributed by atoms with Crippen LogP contribution >= 0.6 is 0 Å². The average Bonchev–Trinajstić information content (AvgIpc) is 2.21. The van der Waals surface area contributed by atoms with Crippen LogP contribution in [0, 0.1) is 18.7 Å². The van der Waals surface area contributed by atoms with E-state index in [1.54, 1.807) is 6.07 Å². The molecule has 0 saturated carbocycles. The first kappa shape index (κ1) is 13.1. The molecule has 1 aromatic rings. The fourth-order valence-corrected chi connectivity index (χ4v) is 1.86. The summed E-state index contributed by atoms with van der Waals surface area (Å²) in [6, 6.07) is 4.97. The maximum absolute atomic E-state index is 13.0. The van der Waals surface area contributed by atoms with E-state index in [0.29, 0.717) is 5.92 Å². The lowest BCUT2D eigenvalue weighted by atomic mass is 9.95. The lowest BCUT2D eigenvalue weighted by molar-refractivity contribution is 0.446. The van der Waals surface area contributed by atoms with Crippen LogP contribution in [0.15, 0.2) is 18.2 Å². The molecular formula is C13H21FN2. The number of hydrogen-bond acceptors (Lipinski definition) is 2. The molecule has 90 valence electrons. The van der Waals surface area contributed by atoms with Gasteiger partial charge in [0.25, 0.3) is 0 Å². The van der Waals surface area contributed by atoms with Crippen LogP contribution in [0.4, 0.5) is 4.39 Å². The van der Waals surface area contributed by atoms with Gasteiger partial charge >= 0.3 is 0 Å². The van der Waals surface area contributed by atoms with E-state index in [2.05, 4.69) is 19.3 Å². The summed E-state index contributed by atoms with van der Waals surface area (Å²) < 4.78 is 13.0. The minimum absolute atomic E-state index is 0.114. The van der Waals surface area contributed by atoms with Crippen molar-refractivity contribution in [1.82, 2.24) is 5.43 Å². The van der Waals surface area contributed by atoms with Crippen molar-refractivity contribution in [2.24, 2.45) is 11.8 Å². The van der Waals surface area contributed by atoms with Gasteiger partial charge in [0.1, 0.15) is 5.82 Å². The van der Waals surface area contributed by atoms with Gasteiger partial charge in [0.05, 0.1) is 0 Å². The molecule has 0 amide bonds. The molecule has 1 atom stereocenters. The Labute approximate surface area is 97.0 Å². The Hall–Kier alpha value is -0.930. The molecule has 1 aromatic carbocycles. The molecule has 0 aliphatic heterocycles. The molecule has 0 aliphatic rings. The van der Waals surface area contributed by atoms with Crippen LogP contribution in [0.25, 0.3) is 0 Å². The SMILES string of the molecule is Cc1cc(F)ccc1C(CCC(C)C)NN. The van der Waals surface area contributed by atoms with E-state index in [0.717, 1.165) is 24.0 Å². The topological polar surface area (TPSA) is 38.0 Å². The Kier molecular flexibility index (Phi) is 4.90. The molecule has 0 saturated heterocycles. The molecule has 0 spiro atoms. The van der Waals surface area contributed by atoms with Crippen molar-refractivity contribution in [3.8, 4) is 0 Å². The van der Waals surface area contributed by atoms with Gasteiger partial charge in [-0.2, -0.15) is 0 Å². The van der Waals surface area contributed by atoms with Crippen LogP contribution in [0.1, 0.15) is 43.9 Å². The van der Waals surface area contributed by atoms with Crippen molar-refractivity contribution in [2.75, 3.05) is 0 Å². The van der Waals surface area contributed by atoms with Crippen LogP contribution < -0.4 is 11.3 Å². The van der Waals surface area contributed by atoms with Crippen molar-refractivity contribution < 1.29 is 4.39 Å². The van der Waals surface area contributed by atoms with E-state index in [-0.39, 0.29) is 11.9 Å². The predicted molar refractivity (Wildman–Crippen MR) is 65.3 cm³/mol. The molecule has 0 heterocycles. The number of benzene rings is 1. The van der Waals surface area contributed by atoms with E-state index >= 15 is 0 Å². The number of rotatable bonds is 5. The Bertz CT molecular complexity index is 337. The lowest BCUT2D eigenvalue weighted by Gasteiger charge is -2.19. The molecule has 3 N–H and O–H groups in total. The van der Waals surface area contributed by atoms with Crippen molar-refractivity contribution in [3.63, 3.8) is 0 Å². The second-order valence-electron chi connectivity index (χ2n) is 4.69. The van der Waals surface area contributed by atoms with Crippen LogP contribution in [0.3, 0.4) is 0 Å². The number of aryl methyl sites for hydroxylation is 1. The second-order valence-corrected chi connectivity index (χ2v) is 4.69. The molecule has 1 unspecified atom stereocenters.